The summed E-state index contributed by atoms with van der Waals surface area (Å²) in [5, 5.41) is 9.15. The van der Waals surface area contributed by atoms with E-state index in [4.69, 9.17) is 5.11 Å². The molecule has 0 amide bonds. The van der Waals surface area contributed by atoms with Gasteiger partial charge in [-0.15, -0.1) is 0 Å². The first kappa shape index (κ1) is 8.18. The minimum Gasteiger partial charge on any atom is -0.508 e. The molecular weight excluding hydrogens is 163 g/mol. The standard InChI is InChI=1S/C7H7O3P/c8-7-4-2-1-3-6(7)5-10-11-9/h1-4,8H,5H2. The van der Waals surface area contributed by atoms with Crippen LogP contribution in [0.2, 0.25) is 0 Å². The van der Waals surface area contributed by atoms with Crippen molar-refractivity contribution in [2.45, 2.75) is 6.61 Å². The van der Waals surface area contributed by atoms with Gasteiger partial charge in [-0.05, 0) is 6.07 Å². The first-order chi connectivity index (χ1) is 5.34. The summed E-state index contributed by atoms with van der Waals surface area (Å²) in [5.41, 5.74) is 0.635. The summed E-state index contributed by atoms with van der Waals surface area (Å²) in [6, 6.07) is 6.76. The maximum atomic E-state index is 9.88. The SMILES string of the molecule is O=POCc1ccccc1O. The van der Waals surface area contributed by atoms with Crippen LogP contribution in [-0.4, -0.2) is 5.11 Å². The van der Waals surface area contributed by atoms with Gasteiger partial charge < -0.3 is 5.11 Å². The van der Waals surface area contributed by atoms with Gasteiger partial charge in [-0.25, -0.2) is 4.57 Å². The molecule has 0 fully saturated rings. The predicted molar refractivity (Wildman–Crippen MR) is 40.5 cm³/mol. The number of benzene rings is 1. The van der Waals surface area contributed by atoms with Crippen LogP contribution in [0.4, 0.5) is 0 Å². The fraction of sp³-hybridized carbons (Fsp3) is 0.143. The molecule has 1 aromatic carbocycles. The normalized spacial score (nSPS) is 10.2. The van der Waals surface area contributed by atoms with Crippen molar-refractivity contribution in [3.63, 3.8) is 0 Å². The molecule has 0 saturated heterocycles. The van der Waals surface area contributed by atoms with Gasteiger partial charge in [0.25, 0.3) is 0 Å². The summed E-state index contributed by atoms with van der Waals surface area (Å²) in [7, 11) is -0.369. The molecule has 0 saturated carbocycles. The van der Waals surface area contributed by atoms with Gasteiger partial charge in [0.05, 0.1) is 6.61 Å². The lowest BCUT2D eigenvalue weighted by Gasteiger charge is -1.99. The van der Waals surface area contributed by atoms with Crippen molar-refractivity contribution in [1.29, 1.82) is 0 Å². The highest BCUT2D eigenvalue weighted by Gasteiger charge is 1.97. The Balaban J connectivity index is 2.69. The number of rotatable bonds is 3. The van der Waals surface area contributed by atoms with E-state index in [1.165, 1.54) is 0 Å². The number of aromatic hydroxyl groups is 1. The van der Waals surface area contributed by atoms with Gasteiger partial charge in [0, 0.05) is 5.56 Å². The Morgan fingerprint density at radius 3 is 2.82 bits per heavy atom. The summed E-state index contributed by atoms with van der Waals surface area (Å²) in [6.07, 6.45) is 0. The van der Waals surface area contributed by atoms with E-state index >= 15 is 0 Å². The zero-order valence-electron chi connectivity index (χ0n) is 5.73. The molecule has 0 heterocycles. The second-order valence-corrected chi connectivity index (χ2v) is 2.38. The van der Waals surface area contributed by atoms with Crippen molar-refractivity contribution in [2.24, 2.45) is 0 Å². The minimum absolute atomic E-state index is 0.163. The Bertz CT molecular complexity index is 249. The van der Waals surface area contributed by atoms with Crippen LogP contribution in [0.15, 0.2) is 24.3 Å². The number of para-hydroxylation sites is 1. The van der Waals surface area contributed by atoms with Crippen LogP contribution in [0.1, 0.15) is 5.56 Å². The molecule has 0 aliphatic carbocycles. The smallest absolute Gasteiger partial charge is 0.327 e. The van der Waals surface area contributed by atoms with Crippen LogP contribution in [0.5, 0.6) is 5.75 Å². The average molecular weight is 170 g/mol. The minimum atomic E-state index is -0.369. The van der Waals surface area contributed by atoms with Crippen molar-refractivity contribution in [1.82, 2.24) is 0 Å². The molecule has 1 aromatic rings. The van der Waals surface area contributed by atoms with Gasteiger partial charge in [-0.2, -0.15) is 0 Å². The molecule has 0 bridgehead atoms. The number of phenolic OH excluding ortho intramolecular Hbond substituents is 1. The van der Waals surface area contributed by atoms with E-state index in [0.29, 0.717) is 5.56 Å². The van der Waals surface area contributed by atoms with Crippen molar-refractivity contribution in [2.75, 3.05) is 0 Å². The van der Waals surface area contributed by atoms with Gasteiger partial charge in [0.1, 0.15) is 5.75 Å². The molecule has 0 radical (unpaired) electrons. The molecule has 1 rings (SSSR count). The predicted octanol–water partition coefficient (Wildman–Crippen LogP) is 2.12. The van der Waals surface area contributed by atoms with Crippen molar-refractivity contribution >= 4 is 8.69 Å². The molecule has 3 nitrogen and oxygen atoms in total. The summed E-state index contributed by atoms with van der Waals surface area (Å²) in [4.78, 5) is 0. The number of phenols is 1. The van der Waals surface area contributed by atoms with Gasteiger partial charge in [-0.3, -0.25) is 4.52 Å². The van der Waals surface area contributed by atoms with E-state index in [1.54, 1.807) is 24.3 Å². The second kappa shape index (κ2) is 4.06. The summed E-state index contributed by atoms with van der Waals surface area (Å²) >= 11 is 0. The summed E-state index contributed by atoms with van der Waals surface area (Å²) in [6.45, 7) is 0.164. The van der Waals surface area contributed by atoms with Crippen LogP contribution in [0.3, 0.4) is 0 Å². The third-order valence-electron chi connectivity index (χ3n) is 1.26. The topological polar surface area (TPSA) is 46.5 Å². The highest BCUT2D eigenvalue weighted by molar-refractivity contribution is 7.17. The molecule has 58 valence electrons. The molecule has 4 heteroatoms. The fourth-order valence-corrected chi connectivity index (χ4v) is 0.921. The molecule has 0 aliphatic rings. The maximum absolute atomic E-state index is 9.88. The van der Waals surface area contributed by atoms with E-state index in [0.717, 1.165) is 0 Å². The van der Waals surface area contributed by atoms with E-state index in [2.05, 4.69) is 4.52 Å². The molecule has 11 heavy (non-hydrogen) atoms. The van der Waals surface area contributed by atoms with Gasteiger partial charge in [-0.1, -0.05) is 18.2 Å². The Morgan fingerprint density at radius 2 is 2.18 bits per heavy atom. The zero-order valence-corrected chi connectivity index (χ0v) is 6.62. The van der Waals surface area contributed by atoms with E-state index in [9.17, 15) is 4.57 Å². The van der Waals surface area contributed by atoms with Crippen molar-refractivity contribution in [3.8, 4) is 5.75 Å². The van der Waals surface area contributed by atoms with E-state index < -0.39 is 0 Å². The third kappa shape index (κ3) is 2.30. The Hall–Kier alpha value is -0.920. The molecule has 0 unspecified atom stereocenters. The Morgan fingerprint density at radius 1 is 1.45 bits per heavy atom. The molecular formula is C7H7O3P. The molecule has 0 spiro atoms. The lowest BCUT2D eigenvalue weighted by atomic mass is 10.2. The molecule has 0 atom stereocenters. The number of hydrogen-bond acceptors (Lipinski definition) is 3. The summed E-state index contributed by atoms with van der Waals surface area (Å²) < 4.78 is 14.4. The van der Waals surface area contributed by atoms with Gasteiger partial charge >= 0.3 is 8.69 Å². The van der Waals surface area contributed by atoms with Crippen LogP contribution >= 0.6 is 8.69 Å². The van der Waals surface area contributed by atoms with E-state index in [1.807, 2.05) is 0 Å². The van der Waals surface area contributed by atoms with Crippen LogP contribution in [0, 0.1) is 0 Å². The Kier molecular flexibility index (Phi) is 3.02. The highest BCUT2D eigenvalue weighted by Crippen LogP contribution is 2.17. The molecule has 0 aliphatic heterocycles. The van der Waals surface area contributed by atoms with Crippen molar-refractivity contribution < 1.29 is 14.2 Å². The van der Waals surface area contributed by atoms with Crippen molar-refractivity contribution in [3.05, 3.63) is 29.8 Å². The average Bonchev–Trinajstić information content (AvgIpc) is 2.03. The second-order valence-electron chi connectivity index (χ2n) is 1.98. The third-order valence-corrected chi connectivity index (χ3v) is 1.50. The first-order valence-electron chi connectivity index (χ1n) is 3.06. The molecule has 1 N–H and O–H groups in total. The summed E-state index contributed by atoms with van der Waals surface area (Å²) in [5.74, 6) is 0.163. The quantitative estimate of drug-likeness (QED) is 0.706. The lowest BCUT2D eigenvalue weighted by Crippen LogP contribution is -1.83. The monoisotopic (exact) mass is 170 g/mol. The molecule has 0 aromatic heterocycles. The fourth-order valence-electron chi connectivity index (χ4n) is 0.729. The van der Waals surface area contributed by atoms with Gasteiger partial charge in [0.15, 0.2) is 0 Å². The van der Waals surface area contributed by atoms with Crippen LogP contribution in [0.25, 0.3) is 0 Å². The zero-order chi connectivity index (χ0) is 8.10. The maximum Gasteiger partial charge on any atom is 0.327 e. The number of hydrogen-bond donors (Lipinski definition) is 1. The van der Waals surface area contributed by atoms with Crippen LogP contribution < -0.4 is 0 Å². The largest absolute Gasteiger partial charge is 0.508 e. The first-order valence-corrected chi connectivity index (χ1v) is 3.79. The highest BCUT2D eigenvalue weighted by atomic mass is 31.1. The lowest BCUT2D eigenvalue weighted by molar-refractivity contribution is 0.324. The van der Waals surface area contributed by atoms with Gasteiger partial charge in [0.2, 0.25) is 0 Å². The van der Waals surface area contributed by atoms with E-state index in [-0.39, 0.29) is 21.0 Å². The Labute approximate surface area is 65.9 Å². The van der Waals surface area contributed by atoms with Crippen LogP contribution in [-0.2, 0) is 15.7 Å².